The van der Waals surface area contributed by atoms with E-state index in [0.29, 0.717) is 0 Å². The molecule has 0 saturated carbocycles. The molecule has 0 saturated heterocycles. The van der Waals surface area contributed by atoms with Crippen molar-refractivity contribution in [1.82, 2.24) is 0 Å². The summed E-state index contributed by atoms with van der Waals surface area (Å²) in [6, 6.07) is 66.6. The maximum atomic E-state index is 2.54. The fraction of sp³-hybridized carbons (Fsp3) is 0.179. The normalized spacial score (nSPS) is 14.2. The predicted octanol–water partition coefficient (Wildman–Crippen LogP) is 15.9. The first-order chi connectivity index (χ1) is 28.0. The summed E-state index contributed by atoms with van der Waals surface area (Å²) in [6.07, 6.45) is 8.10. The molecule has 1 aliphatic carbocycles. The molecule has 0 amide bonds. The van der Waals surface area contributed by atoms with Gasteiger partial charge in [-0.2, -0.15) is 0 Å². The maximum Gasteiger partial charge on any atom is 0.0560 e. The first-order valence-electron chi connectivity index (χ1n) is 20.6. The van der Waals surface area contributed by atoms with Crippen molar-refractivity contribution < 1.29 is 0 Å². The van der Waals surface area contributed by atoms with Gasteiger partial charge < -0.3 is 9.80 Å². The molecule has 2 heteroatoms. The van der Waals surface area contributed by atoms with Crippen LogP contribution >= 0.6 is 0 Å². The zero-order valence-corrected chi connectivity index (χ0v) is 34.7. The standard InChI is InChI=1S/C56H54N2/c1-55(2,3)47-26-34-51(35-27-47)57(49-30-22-44(23-31-49)41-16-10-7-11-17-41)53-38-46(43-20-14-9-15-21-43)39-54(40-53)58(52-36-28-48(29-37-52)56(4,5)6)50-32-24-45(25-33-50)42-18-12-8-13-19-42/h7-36,38-40,52H,37H2,1-6H3. The van der Waals surface area contributed by atoms with Crippen LogP contribution in [-0.4, -0.2) is 6.04 Å². The second-order valence-corrected chi connectivity index (χ2v) is 17.5. The van der Waals surface area contributed by atoms with E-state index in [2.05, 4.69) is 252 Å². The predicted molar refractivity (Wildman–Crippen MR) is 250 cm³/mol. The number of rotatable bonds is 9. The summed E-state index contributed by atoms with van der Waals surface area (Å²) in [4.78, 5) is 4.96. The van der Waals surface area contributed by atoms with Gasteiger partial charge in [0.1, 0.15) is 0 Å². The highest BCUT2D eigenvalue weighted by molar-refractivity contribution is 5.86. The average molecular weight is 755 g/mol. The van der Waals surface area contributed by atoms with E-state index in [9.17, 15) is 0 Å². The zero-order valence-electron chi connectivity index (χ0n) is 34.7. The monoisotopic (exact) mass is 754 g/mol. The van der Waals surface area contributed by atoms with Gasteiger partial charge in [0, 0.05) is 28.4 Å². The Balaban J connectivity index is 1.31. The van der Waals surface area contributed by atoms with Gasteiger partial charge in [0.15, 0.2) is 0 Å². The van der Waals surface area contributed by atoms with Crippen molar-refractivity contribution in [1.29, 1.82) is 0 Å². The molecule has 1 unspecified atom stereocenters. The Hall–Kier alpha value is -6.38. The highest BCUT2D eigenvalue weighted by atomic mass is 15.2. The molecule has 7 aromatic carbocycles. The summed E-state index contributed by atoms with van der Waals surface area (Å²) in [5.41, 5.74) is 15.6. The van der Waals surface area contributed by atoms with Gasteiger partial charge in [-0.25, -0.2) is 0 Å². The molecule has 7 aromatic rings. The van der Waals surface area contributed by atoms with E-state index in [4.69, 9.17) is 0 Å². The van der Waals surface area contributed by atoms with Crippen molar-refractivity contribution in [2.24, 2.45) is 5.41 Å². The molecule has 1 aliphatic rings. The van der Waals surface area contributed by atoms with Crippen molar-refractivity contribution >= 4 is 28.4 Å². The minimum Gasteiger partial charge on any atom is -0.334 e. The number of hydrogen-bond donors (Lipinski definition) is 0. The molecule has 288 valence electrons. The highest BCUT2D eigenvalue weighted by Gasteiger charge is 2.26. The Morgan fingerprint density at radius 2 is 0.828 bits per heavy atom. The Morgan fingerprint density at radius 1 is 0.397 bits per heavy atom. The Morgan fingerprint density at radius 3 is 1.28 bits per heavy atom. The van der Waals surface area contributed by atoms with Crippen molar-refractivity contribution in [3.05, 3.63) is 211 Å². The number of hydrogen-bond acceptors (Lipinski definition) is 2. The first kappa shape index (κ1) is 38.5. The average Bonchev–Trinajstić information content (AvgIpc) is 3.25. The minimum atomic E-state index is 0.0481. The molecule has 58 heavy (non-hydrogen) atoms. The Kier molecular flexibility index (Phi) is 10.8. The quantitative estimate of drug-likeness (QED) is 0.145. The van der Waals surface area contributed by atoms with Gasteiger partial charge in [-0.05, 0) is 116 Å². The fourth-order valence-corrected chi connectivity index (χ4v) is 7.99. The lowest BCUT2D eigenvalue weighted by atomic mass is 9.82. The topological polar surface area (TPSA) is 6.48 Å². The van der Waals surface area contributed by atoms with Crippen LogP contribution in [0.15, 0.2) is 206 Å². The van der Waals surface area contributed by atoms with Gasteiger partial charge in [0.2, 0.25) is 0 Å². The lowest BCUT2D eigenvalue weighted by molar-refractivity contribution is 0.510. The van der Waals surface area contributed by atoms with E-state index in [1.807, 2.05) is 0 Å². The van der Waals surface area contributed by atoms with Crippen molar-refractivity contribution in [2.75, 3.05) is 9.80 Å². The molecular formula is C56H54N2. The second-order valence-electron chi connectivity index (χ2n) is 17.5. The number of allylic oxidation sites excluding steroid dienone is 2. The van der Waals surface area contributed by atoms with Crippen LogP contribution in [0.4, 0.5) is 28.4 Å². The molecule has 0 heterocycles. The van der Waals surface area contributed by atoms with Crippen LogP contribution in [0.25, 0.3) is 33.4 Å². The van der Waals surface area contributed by atoms with Gasteiger partial charge in [0.25, 0.3) is 0 Å². The fourth-order valence-electron chi connectivity index (χ4n) is 7.99. The number of anilines is 5. The van der Waals surface area contributed by atoms with E-state index >= 15 is 0 Å². The highest BCUT2D eigenvalue weighted by Crippen LogP contribution is 2.44. The third kappa shape index (κ3) is 8.48. The molecule has 2 nitrogen and oxygen atoms in total. The Labute approximate surface area is 346 Å². The van der Waals surface area contributed by atoms with Crippen LogP contribution in [-0.2, 0) is 5.41 Å². The van der Waals surface area contributed by atoms with Crippen molar-refractivity contribution in [3.63, 3.8) is 0 Å². The molecule has 0 aliphatic heterocycles. The summed E-state index contributed by atoms with van der Waals surface area (Å²) in [5.74, 6) is 0. The summed E-state index contributed by atoms with van der Waals surface area (Å²) < 4.78 is 0. The van der Waals surface area contributed by atoms with Crippen molar-refractivity contribution in [3.8, 4) is 33.4 Å². The van der Waals surface area contributed by atoms with Crippen LogP contribution < -0.4 is 9.80 Å². The third-order valence-corrected chi connectivity index (χ3v) is 11.3. The number of nitrogens with zero attached hydrogens (tertiary/aromatic N) is 2. The van der Waals surface area contributed by atoms with Crippen LogP contribution in [0, 0.1) is 5.41 Å². The van der Waals surface area contributed by atoms with E-state index in [1.54, 1.807) is 0 Å². The first-order valence-corrected chi connectivity index (χ1v) is 20.6. The van der Waals surface area contributed by atoms with Gasteiger partial charge in [-0.3, -0.25) is 0 Å². The van der Waals surface area contributed by atoms with Gasteiger partial charge in [-0.15, -0.1) is 0 Å². The maximum absolute atomic E-state index is 2.54. The van der Waals surface area contributed by atoms with E-state index < -0.39 is 0 Å². The lowest BCUT2D eigenvalue weighted by Gasteiger charge is -2.36. The van der Waals surface area contributed by atoms with E-state index in [-0.39, 0.29) is 16.9 Å². The van der Waals surface area contributed by atoms with Gasteiger partial charge in [0.05, 0.1) is 6.04 Å². The summed E-state index contributed by atoms with van der Waals surface area (Å²) >= 11 is 0. The zero-order chi connectivity index (χ0) is 40.3. The molecule has 0 spiro atoms. The third-order valence-electron chi connectivity index (χ3n) is 11.3. The second kappa shape index (κ2) is 16.2. The summed E-state index contributed by atoms with van der Waals surface area (Å²) in [5, 5.41) is 0. The molecule has 0 N–H and O–H groups in total. The number of benzene rings is 7. The molecular weight excluding hydrogens is 701 g/mol. The van der Waals surface area contributed by atoms with Crippen LogP contribution in [0.2, 0.25) is 0 Å². The van der Waals surface area contributed by atoms with Gasteiger partial charge in [-0.1, -0.05) is 187 Å². The van der Waals surface area contributed by atoms with Crippen LogP contribution in [0.1, 0.15) is 53.5 Å². The van der Waals surface area contributed by atoms with Gasteiger partial charge >= 0.3 is 0 Å². The largest absolute Gasteiger partial charge is 0.334 e. The van der Waals surface area contributed by atoms with Crippen LogP contribution in [0.3, 0.4) is 0 Å². The molecule has 0 bridgehead atoms. The molecule has 0 aromatic heterocycles. The van der Waals surface area contributed by atoms with E-state index in [1.165, 1.54) is 44.5 Å². The van der Waals surface area contributed by atoms with Crippen molar-refractivity contribution in [2.45, 2.75) is 59.4 Å². The van der Waals surface area contributed by atoms with E-state index in [0.717, 1.165) is 34.9 Å². The van der Waals surface area contributed by atoms with Crippen LogP contribution in [0.5, 0.6) is 0 Å². The molecule has 8 rings (SSSR count). The summed E-state index contributed by atoms with van der Waals surface area (Å²) in [7, 11) is 0. The molecule has 1 atom stereocenters. The Bertz CT molecular complexity index is 2500. The smallest absolute Gasteiger partial charge is 0.0560 e. The molecule has 0 fully saturated rings. The SMILES string of the molecule is CC(C)(C)C1=CCC(N(c2ccc(-c3ccccc3)cc2)c2cc(-c3ccccc3)cc(N(c3ccc(-c4ccccc4)cc3)c3ccc(C(C)(C)C)cc3)c2)C=C1. The summed E-state index contributed by atoms with van der Waals surface area (Å²) in [6.45, 7) is 13.7. The molecule has 0 radical (unpaired) electrons. The minimum absolute atomic E-state index is 0.0481. The lowest BCUT2D eigenvalue weighted by Crippen LogP contribution is -2.31.